The predicted molar refractivity (Wildman–Crippen MR) is 125 cm³/mol. The second-order valence-electron chi connectivity index (χ2n) is 8.62. The molecule has 0 aromatic heterocycles. The van der Waals surface area contributed by atoms with Crippen molar-refractivity contribution in [2.45, 2.75) is 25.9 Å². The van der Waals surface area contributed by atoms with Crippen LogP contribution < -0.4 is 4.74 Å². The van der Waals surface area contributed by atoms with E-state index >= 15 is 0 Å². The normalized spacial score (nSPS) is 18.4. The molecule has 0 spiro atoms. The lowest BCUT2D eigenvalue weighted by atomic mass is 9.99. The molecule has 168 valence electrons. The van der Waals surface area contributed by atoms with Crippen LogP contribution in [0.25, 0.3) is 0 Å². The molecular formula is C26H27N5O2. The average molecular weight is 442 g/mol. The predicted octanol–water partition coefficient (Wildman–Crippen LogP) is 3.13. The Morgan fingerprint density at radius 3 is 2.73 bits per heavy atom. The Hall–Kier alpha value is -3.63. The van der Waals surface area contributed by atoms with Crippen molar-refractivity contribution in [3.8, 4) is 11.8 Å². The van der Waals surface area contributed by atoms with Crippen LogP contribution in [0.2, 0.25) is 0 Å². The number of hydrogen-bond acceptors (Lipinski definition) is 6. The number of nitrogens with zero attached hydrogens (tertiary/aromatic N) is 5. The van der Waals surface area contributed by atoms with Gasteiger partial charge in [0, 0.05) is 44.8 Å². The SMILES string of the molecule is COc1ccc(CN2C(=O)C3=C(CCN(Cc4cccc(C#N)c4)C3)N3CCCN=C23)cc1. The molecule has 0 N–H and O–H groups in total. The Morgan fingerprint density at radius 2 is 1.94 bits per heavy atom. The van der Waals surface area contributed by atoms with E-state index in [0.717, 1.165) is 73.1 Å². The number of hydrogen-bond donors (Lipinski definition) is 0. The van der Waals surface area contributed by atoms with Gasteiger partial charge in [-0.05, 0) is 41.8 Å². The van der Waals surface area contributed by atoms with Gasteiger partial charge in [0.1, 0.15) is 5.75 Å². The Balaban J connectivity index is 1.40. The average Bonchev–Trinajstić information content (AvgIpc) is 2.87. The molecular weight excluding hydrogens is 414 g/mol. The summed E-state index contributed by atoms with van der Waals surface area (Å²) in [6, 6.07) is 17.8. The molecule has 3 aliphatic heterocycles. The van der Waals surface area contributed by atoms with Crippen LogP contribution in [0.3, 0.4) is 0 Å². The molecule has 33 heavy (non-hydrogen) atoms. The van der Waals surface area contributed by atoms with E-state index in [9.17, 15) is 10.1 Å². The Morgan fingerprint density at radius 1 is 1.09 bits per heavy atom. The molecule has 3 heterocycles. The van der Waals surface area contributed by atoms with E-state index in [-0.39, 0.29) is 5.91 Å². The first kappa shape index (κ1) is 21.2. The van der Waals surface area contributed by atoms with Crippen LogP contribution in [0.5, 0.6) is 5.75 Å². The second kappa shape index (κ2) is 9.08. The lowest BCUT2D eigenvalue weighted by molar-refractivity contribution is -0.125. The van der Waals surface area contributed by atoms with E-state index in [4.69, 9.17) is 9.73 Å². The summed E-state index contributed by atoms with van der Waals surface area (Å²) in [5.74, 6) is 1.64. The summed E-state index contributed by atoms with van der Waals surface area (Å²) >= 11 is 0. The van der Waals surface area contributed by atoms with Crippen molar-refractivity contribution in [1.82, 2.24) is 14.7 Å². The van der Waals surface area contributed by atoms with Gasteiger partial charge >= 0.3 is 0 Å². The van der Waals surface area contributed by atoms with Gasteiger partial charge in [0.05, 0.1) is 30.9 Å². The number of ether oxygens (including phenoxy) is 1. The Bertz CT molecular complexity index is 1160. The number of fused-ring (bicyclic) bond motifs is 2. The standard InChI is InChI=1S/C26H27N5O2/c1-33-22-8-6-19(7-9-22)17-31-25(32)23-18-29(16-21-5-2-4-20(14-21)15-27)13-10-24(23)30-12-3-11-28-26(30)31/h2,4-9,14H,3,10-13,16-18H2,1H3. The number of carbonyl (C=O) groups excluding carboxylic acids is 1. The van der Waals surface area contributed by atoms with Crippen molar-refractivity contribution in [3.63, 3.8) is 0 Å². The van der Waals surface area contributed by atoms with Crippen molar-refractivity contribution in [3.05, 3.63) is 76.5 Å². The van der Waals surface area contributed by atoms with Gasteiger partial charge in [0.15, 0.2) is 0 Å². The highest BCUT2D eigenvalue weighted by Gasteiger charge is 2.40. The molecule has 0 unspecified atom stereocenters. The molecule has 0 saturated carbocycles. The number of rotatable bonds is 5. The van der Waals surface area contributed by atoms with Gasteiger partial charge in [-0.2, -0.15) is 5.26 Å². The van der Waals surface area contributed by atoms with Crippen molar-refractivity contribution >= 4 is 11.9 Å². The summed E-state index contributed by atoms with van der Waals surface area (Å²) in [5, 5.41) is 9.20. The smallest absolute Gasteiger partial charge is 0.259 e. The van der Waals surface area contributed by atoms with Gasteiger partial charge in [-0.3, -0.25) is 19.6 Å². The first-order valence-electron chi connectivity index (χ1n) is 11.4. The van der Waals surface area contributed by atoms with Crippen molar-refractivity contribution < 1.29 is 9.53 Å². The topological polar surface area (TPSA) is 72.2 Å². The third kappa shape index (κ3) is 4.22. The summed E-state index contributed by atoms with van der Waals surface area (Å²) in [5.41, 5.74) is 4.80. The zero-order chi connectivity index (χ0) is 22.8. The van der Waals surface area contributed by atoms with Crippen LogP contribution in [0.1, 0.15) is 29.5 Å². The van der Waals surface area contributed by atoms with Crippen LogP contribution in [0.4, 0.5) is 0 Å². The van der Waals surface area contributed by atoms with Gasteiger partial charge in [-0.1, -0.05) is 24.3 Å². The molecule has 0 atom stereocenters. The van der Waals surface area contributed by atoms with E-state index in [1.807, 2.05) is 53.4 Å². The lowest BCUT2D eigenvalue weighted by Gasteiger charge is -2.45. The molecule has 0 bridgehead atoms. The molecule has 7 nitrogen and oxygen atoms in total. The number of nitriles is 1. The van der Waals surface area contributed by atoms with Crippen molar-refractivity contribution in [2.24, 2.45) is 4.99 Å². The molecule has 0 radical (unpaired) electrons. The van der Waals surface area contributed by atoms with Crippen LogP contribution >= 0.6 is 0 Å². The lowest BCUT2D eigenvalue weighted by Crippen LogP contribution is -2.56. The van der Waals surface area contributed by atoms with Crippen LogP contribution in [0, 0.1) is 11.3 Å². The van der Waals surface area contributed by atoms with Gasteiger partial charge in [-0.15, -0.1) is 0 Å². The van der Waals surface area contributed by atoms with Crippen molar-refractivity contribution in [2.75, 3.05) is 33.3 Å². The molecule has 7 heteroatoms. The second-order valence-corrected chi connectivity index (χ2v) is 8.62. The summed E-state index contributed by atoms with van der Waals surface area (Å²) in [4.78, 5) is 24.9. The van der Waals surface area contributed by atoms with Crippen molar-refractivity contribution in [1.29, 1.82) is 5.26 Å². The maximum absolute atomic E-state index is 13.7. The third-order valence-electron chi connectivity index (χ3n) is 6.46. The number of aliphatic imine (C=N–C) groups is 1. The van der Waals surface area contributed by atoms with E-state index in [0.29, 0.717) is 18.7 Å². The van der Waals surface area contributed by atoms with Gasteiger partial charge in [-0.25, -0.2) is 0 Å². The van der Waals surface area contributed by atoms with E-state index < -0.39 is 0 Å². The first-order valence-corrected chi connectivity index (χ1v) is 11.4. The van der Waals surface area contributed by atoms with Gasteiger partial charge in [0.2, 0.25) is 5.96 Å². The maximum Gasteiger partial charge on any atom is 0.259 e. The molecule has 3 aliphatic rings. The van der Waals surface area contributed by atoms with E-state index in [1.54, 1.807) is 7.11 Å². The van der Waals surface area contributed by atoms with E-state index in [1.165, 1.54) is 0 Å². The number of amides is 1. The van der Waals surface area contributed by atoms with Crippen LogP contribution in [0.15, 0.2) is 64.8 Å². The number of benzene rings is 2. The fourth-order valence-electron chi connectivity index (χ4n) is 4.82. The molecule has 0 aliphatic carbocycles. The monoisotopic (exact) mass is 441 g/mol. The van der Waals surface area contributed by atoms with Gasteiger partial charge < -0.3 is 9.64 Å². The minimum absolute atomic E-state index is 0.0493. The minimum atomic E-state index is 0.0493. The summed E-state index contributed by atoms with van der Waals surface area (Å²) in [6.45, 7) is 4.34. The summed E-state index contributed by atoms with van der Waals surface area (Å²) in [6.07, 6.45) is 1.82. The molecule has 2 aromatic rings. The minimum Gasteiger partial charge on any atom is -0.497 e. The zero-order valence-electron chi connectivity index (χ0n) is 18.8. The molecule has 2 aromatic carbocycles. The first-order chi connectivity index (χ1) is 16.2. The highest BCUT2D eigenvalue weighted by molar-refractivity contribution is 6.09. The Labute approximate surface area is 194 Å². The summed E-state index contributed by atoms with van der Waals surface area (Å²) in [7, 11) is 1.65. The molecule has 0 fully saturated rings. The van der Waals surface area contributed by atoms with Gasteiger partial charge in [0.25, 0.3) is 5.91 Å². The summed E-state index contributed by atoms with van der Waals surface area (Å²) < 4.78 is 5.27. The highest BCUT2D eigenvalue weighted by atomic mass is 16.5. The van der Waals surface area contributed by atoms with Crippen LogP contribution in [-0.2, 0) is 17.9 Å². The largest absolute Gasteiger partial charge is 0.497 e. The fourth-order valence-corrected chi connectivity index (χ4v) is 4.82. The highest BCUT2D eigenvalue weighted by Crippen LogP contribution is 2.32. The number of carbonyl (C=O) groups is 1. The Kier molecular flexibility index (Phi) is 5.84. The number of methoxy groups -OCH3 is 1. The molecule has 5 rings (SSSR count). The fraction of sp³-hybridized carbons (Fsp3) is 0.346. The maximum atomic E-state index is 13.7. The molecule has 1 amide bonds. The molecule has 0 saturated heterocycles. The quantitative estimate of drug-likeness (QED) is 0.713. The third-order valence-corrected chi connectivity index (χ3v) is 6.46. The van der Waals surface area contributed by atoms with Crippen LogP contribution in [-0.4, -0.2) is 59.9 Å². The number of guanidine groups is 1. The van der Waals surface area contributed by atoms with E-state index in [2.05, 4.69) is 15.9 Å². The zero-order valence-corrected chi connectivity index (χ0v) is 18.8.